The van der Waals surface area contributed by atoms with Crippen molar-refractivity contribution in [2.45, 2.75) is 81.7 Å². The van der Waals surface area contributed by atoms with E-state index in [1.807, 2.05) is 0 Å². The van der Waals surface area contributed by atoms with Crippen molar-refractivity contribution in [3.63, 3.8) is 0 Å². The van der Waals surface area contributed by atoms with Crippen LogP contribution in [0.3, 0.4) is 0 Å². The van der Waals surface area contributed by atoms with E-state index in [9.17, 15) is 27.9 Å². The molecular weight excluding hydrogens is 465 g/mol. The Morgan fingerprint density at radius 1 is 1.03 bits per heavy atom. The summed E-state index contributed by atoms with van der Waals surface area (Å²) in [7, 11) is 0. The summed E-state index contributed by atoms with van der Waals surface area (Å²) in [5.41, 5.74) is 0.556. The Morgan fingerprint density at radius 2 is 1.70 bits per heavy atom. The van der Waals surface area contributed by atoms with Crippen LogP contribution in [0.4, 0.5) is 13.2 Å². The van der Waals surface area contributed by atoms with Gasteiger partial charge in [-0.3, -0.25) is 14.3 Å². The minimum atomic E-state index is -4.65. The van der Waals surface area contributed by atoms with Crippen molar-refractivity contribution in [1.82, 2.24) is 10.6 Å². The summed E-state index contributed by atoms with van der Waals surface area (Å²) in [6, 6.07) is 4.48. The lowest BCUT2D eigenvalue weighted by Crippen LogP contribution is -2.51. The van der Waals surface area contributed by atoms with Crippen LogP contribution in [0.15, 0.2) is 18.2 Å². The van der Waals surface area contributed by atoms with Gasteiger partial charge in [0.25, 0.3) is 5.91 Å². The molecule has 33 heavy (non-hydrogen) atoms. The molecule has 11 heteroatoms. The lowest BCUT2D eigenvalue weighted by atomic mass is 9.83. The molecule has 2 amide bonds. The quantitative estimate of drug-likeness (QED) is 0.588. The highest BCUT2D eigenvalue weighted by atomic mass is 35.5. The lowest BCUT2D eigenvalue weighted by Gasteiger charge is -2.37. The molecule has 4 rings (SSSR count). The first-order chi connectivity index (χ1) is 15.6. The molecule has 2 fully saturated rings. The second-order valence-electron chi connectivity index (χ2n) is 8.96. The summed E-state index contributed by atoms with van der Waals surface area (Å²) in [5, 5.41) is 16.6. The molecule has 0 radical (unpaired) electrons. The van der Waals surface area contributed by atoms with Gasteiger partial charge in [0, 0.05) is 35.0 Å². The maximum absolute atomic E-state index is 12.7. The van der Waals surface area contributed by atoms with Gasteiger partial charge >= 0.3 is 6.36 Å². The third-order valence-corrected chi connectivity index (χ3v) is 6.75. The summed E-state index contributed by atoms with van der Waals surface area (Å²) in [6.07, 6.45) is -4.44. The van der Waals surface area contributed by atoms with Crippen molar-refractivity contribution in [3.8, 4) is 5.75 Å². The largest absolute Gasteiger partial charge is 0.522 e. The molecule has 182 valence electrons. The number of rotatable bonds is 5. The Kier molecular flexibility index (Phi) is 7.07. The number of fused-ring (bicyclic) bond motifs is 1. The van der Waals surface area contributed by atoms with Gasteiger partial charge in [-0.05, 0) is 56.7 Å². The van der Waals surface area contributed by atoms with E-state index in [-0.39, 0.29) is 49.1 Å². The maximum Gasteiger partial charge on any atom is 0.522 e. The average molecular weight is 491 g/mol. The zero-order chi connectivity index (χ0) is 23.8. The number of nitrogens with one attached hydrogen (secondary N) is 2. The van der Waals surface area contributed by atoms with E-state index in [4.69, 9.17) is 16.3 Å². The fraction of sp³-hybridized carbons (Fsp3) is 0.636. The number of ether oxygens (including phenoxy) is 2. The van der Waals surface area contributed by atoms with Crippen LogP contribution < -0.4 is 15.4 Å². The number of carbonyl (C=O) groups excluding carboxylic acids is 2. The minimum absolute atomic E-state index is 0.109. The first-order valence-corrected chi connectivity index (χ1v) is 11.4. The number of aliphatic hydroxyl groups is 1. The molecule has 0 bridgehead atoms. The molecule has 0 aromatic heterocycles. The molecule has 0 unspecified atom stereocenters. The van der Waals surface area contributed by atoms with E-state index in [0.717, 1.165) is 0 Å². The number of alkyl halides is 3. The van der Waals surface area contributed by atoms with Crippen molar-refractivity contribution >= 4 is 23.4 Å². The van der Waals surface area contributed by atoms with Gasteiger partial charge < -0.3 is 20.5 Å². The van der Waals surface area contributed by atoms with Gasteiger partial charge in [0.1, 0.15) is 5.75 Å². The van der Waals surface area contributed by atoms with Gasteiger partial charge in [0.05, 0.1) is 12.2 Å². The van der Waals surface area contributed by atoms with Crippen molar-refractivity contribution < 1.29 is 37.3 Å². The van der Waals surface area contributed by atoms with E-state index < -0.39 is 24.7 Å². The number of hydrogen-bond donors (Lipinski definition) is 3. The zero-order valence-electron chi connectivity index (χ0n) is 17.7. The van der Waals surface area contributed by atoms with Crippen LogP contribution in [-0.4, -0.2) is 47.6 Å². The van der Waals surface area contributed by atoms with E-state index in [1.165, 1.54) is 0 Å². The van der Waals surface area contributed by atoms with Crippen LogP contribution in [0.5, 0.6) is 5.75 Å². The van der Waals surface area contributed by atoms with Gasteiger partial charge in [-0.2, -0.15) is 0 Å². The average Bonchev–Trinajstić information content (AvgIpc) is 2.72. The number of carbonyl (C=O) groups is 2. The zero-order valence-corrected chi connectivity index (χ0v) is 18.5. The Balaban J connectivity index is 1.19. The summed E-state index contributed by atoms with van der Waals surface area (Å²) < 4.78 is 46.2. The van der Waals surface area contributed by atoms with Crippen molar-refractivity contribution in [2.75, 3.05) is 0 Å². The summed E-state index contributed by atoms with van der Waals surface area (Å²) in [4.78, 5) is 25.1. The van der Waals surface area contributed by atoms with Gasteiger partial charge in [-0.25, -0.2) is 0 Å². The van der Waals surface area contributed by atoms with Crippen LogP contribution in [-0.2, 0) is 14.3 Å². The Morgan fingerprint density at radius 3 is 2.36 bits per heavy atom. The number of hydrogen-bond acceptors (Lipinski definition) is 5. The molecule has 0 spiro atoms. The number of halogens is 4. The maximum atomic E-state index is 12.7. The van der Waals surface area contributed by atoms with E-state index in [2.05, 4.69) is 15.4 Å². The van der Waals surface area contributed by atoms with Gasteiger partial charge in [-0.1, -0.05) is 11.6 Å². The normalized spacial score (nSPS) is 31.5. The van der Waals surface area contributed by atoms with E-state index in [1.54, 1.807) is 18.2 Å². The molecule has 2 atom stereocenters. The number of aliphatic hydroxyl groups excluding tert-OH is 1. The minimum Gasteiger partial charge on any atom is -0.480 e. The van der Waals surface area contributed by atoms with E-state index in [0.29, 0.717) is 42.0 Å². The third-order valence-electron chi connectivity index (χ3n) is 6.52. The van der Waals surface area contributed by atoms with Gasteiger partial charge in [0.2, 0.25) is 5.91 Å². The molecule has 1 aromatic rings. The summed E-state index contributed by atoms with van der Waals surface area (Å²) in [5.74, 6) is -0.278. The standard InChI is InChI=1S/C22H26ClF3N2O5/c23-12-3-6-18-16(7-12)17(29)10-19(32-18)21(31)27-13-4-1-11(2-5-13)20(30)28-14-8-15(9-14)33-22(24,25)26/h3,6-7,11,13-15,17,19,29H,1-2,4-5,8-10H2,(H,27,31)(H,28,30)/t11?,13?,14?,15?,17-,19-/m1/s1. The van der Waals surface area contributed by atoms with Crippen LogP contribution >= 0.6 is 11.6 Å². The first kappa shape index (κ1) is 24.1. The molecule has 2 saturated carbocycles. The predicted octanol–water partition coefficient (Wildman–Crippen LogP) is 3.38. The van der Waals surface area contributed by atoms with Crippen molar-refractivity contribution in [1.29, 1.82) is 0 Å². The monoisotopic (exact) mass is 490 g/mol. The highest BCUT2D eigenvalue weighted by Gasteiger charge is 2.41. The van der Waals surface area contributed by atoms with Crippen molar-refractivity contribution in [2.24, 2.45) is 5.92 Å². The number of benzene rings is 1. The molecule has 3 aliphatic rings. The van der Waals surface area contributed by atoms with Crippen LogP contribution in [0.1, 0.15) is 56.6 Å². The number of amides is 2. The molecular formula is C22H26ClF3N2O5. The fourth-order valence-corrected chi connectivity index (χ4v) is 4.84. The Hall–Kier alpha value is -2.04. The summed E-state index contributed by atoms with van der Waals surface area (Å²) >= 11 is 5.95. The highest BCUT2D eigenvalue weighted by Crippen LogP contribution is 2.37. The molecule has 1 aromatic carbocycles. The Labute approximate surface area is 193 Å². The van der Waals surface area contributed by atoms with Gasteiger partial charge in [-0.15, -0.1) is 13.2 Å². The van der Waals surface area contributed by atoms with Crippen LogP contribution in [0.25, 0.3) is 0 Å². The molecule has 1 heterocycles. The Bertz CT molecular complexity index is 885. The molecule has 3 N–H and O–H groups in total. The van der Waals surface area contributed by atoms with Crippen LogP contribution in [0, 0.1) is 5.92 Å². The highest BCUT2D eigenvalue weighted by molar-refractivity contribution is 6.30. The second-order valence-corrected chi connectivity index (χ2v) is 9.40. The molecule has 7 nitrogen and oxygen atoms in total. The topological polar surface area (TPSA) is 96.9 Å². The third kappa shape index (κ3) is 6.10. The van der Waals surface area contributed by atoms with Gasteiger partial charge in [0.15, 0.2) is 6.10 Å². The molecule has 2 aliphatic carbocycles. The molecule has 0 saturated heterocycles. The lowest BCUT2D eigenvalue weighted by molar-refractivity contribution is -0.351. The molecule has 1 aliphatic heterocycles. The second kappa shape index (κ2) is 9.68. The van der Waals surface area contributed by atoms with Crippen molar-refractivity contribution in [3.05, 3.63) is 28.8 Å². The summed E-state index contributed by atoms with van der Waals surface area (Å²) in [6.45, 7) is 0. The first-order valence-electron chi connectivity index (χ1n) is 11.1. The van der Waals surface area contributed by atoms with E-state index >= 15 is 0 Å². The SMILES string of the molecule is O=C(NC1CC(OC(F)(F)F)C1)C1CCC(NC(=O)[C@H]2C[C@@H](O)c3cc(Cl)ccc3O2)CC1. The van der Waals surface area contributed by atoms with Crippen LogP contribution in [0.2, 0.25) is 5.02 Å². The smallest absolute Gasteiger partial charge is 0.480 e. The fourth-order valence-electron chi connectivity index (χ4n) is 4.66. The predicted molar refractivity (Wildman–Crippen MR) is 111 cm³/mol.